The highest BCUT2D eigenvalue weighted by Gasteiger charge is 2.37. The number of sulfone groups is 1. The van der Waals surface area contributed by atoms with Crippen LogP contribution < -0.4 is 10.6 Å². The van der Waals surface area contributed by atoms with Crippen LogP contribution in [0.1, 0.15) is 31.9 Å². The number of amides is 1. The maximum absolute atomic E-state index is 16.0. The number of nitrogens with zero attached hydrogens (tertiary/aromatic N) is 6. The molecule has 1 aliphatic carbocycles. The fourth-order valence-electron chi connectivity index (χ4n) is 5.92. The molecule has 1 saturated carbocycles. The number of hydrogen-bond donors (Lipinski definition) is 0. The molecule has 1 saturated heterocycles. The van der Waals surface area contributed by atoms with E-state index in [9.17, 15) is 18.0 Å². The molecule has 6 rings (SSSR count). The Morgan fingerprint density at radius 1 is 1.13 bits per heavy atom. The molecule has 0 unspecified atom stereocenters. The maximum atomic E-state index is 16.0. The summed E-state index contributed by atoms with van der Waals surface area (Å²) in [4.78, 5) is 42.7. The van der Waals surface area contributed by atoms with Crippen LogP contribution in [-0.2, 0) is 14.6 Å². The standard InChI is InChI=1S/C31H29ClF2N6O4S/c1-4-25(41)38-13-14-39(17(2)16-38)29-20-15-23(34)27(26-21(32)9-6-10-22(26)33)36-30(20)40(31(42)37-29)28-18(3)35-12-11-24(28)45(43,44)19-7-5-8-19/h4,6,9-12,15,17,19H,1,5,7-8,13-14,16H2,2-3H3/t17-/m0/s1. The number of hydrogen-bond acceptors (Lipinski definition) is 8. The quantitative estimate of drug-likeness (QED) is 0.276. The first-order chi connectivity index (χ1) is 21.4. The summed E-state index contributed by atoms with van der Waals surface area (Å²) in [5.41, 5.74) is -1.67. The number of halogens is 3. The minimum atomic E-state index is -3.90. The zero-order chi connectivity index (χ0) is 32.2. The Balaban J connectivity index is 1.66. The van der Waals surface area contributed by atoms with Crippen LogP contribution in [-0.4, -0.2) is 69.7 Å². The van der Waals surface area contributed by atoms with Crippen LogP contribution in [0.2, 0.25) is 5.02 Å². The number of carbonyl (C=O) groups is 1. The van der Waals surface area contributed by atoms with Gasteiger partial charge < -0.3 is 9.80 Å². The van der Waals surface area contributed by atoms with Crippen molar-refractivity contribution in [1.82, 2.24) is 24.4 Å². The lowest BCUT2D eigenvalue weighted by Crippen LogP contribution is -2.54. The minimum absolute atomic E-state index is 0.0578. The monoisotopic (exact) mass is 654 g/mol. The van der Waals surface area contributed by atoms with Gasteiger partial charge in [0, 0.05) is 31.9 Å². The lowest BCUT2D eigenvalue weighted by Gasteiger charge is -2.40. The van der Waals surface area contributed by atoms with Gasteiger partial charge in [-0.15, -0.1) is 0 Å². The molecule has 0 N–H and O–H groups in total. The first-order valence-corrected chi connectivity index (χ1v) is 16.3. The molecule has 1 amide bonds. The molecule has 0 radical (unpaired) electrons. The summed E-state index contributed by atoms with van der Waals surface area (Å²) in [6.45, 7) is 7.73. The van der Waals surface area contributed by atoms with E-state index in [0.29, 0.717) is 12.8 Å². The van der Waals surface area contributed by atoms with E-state index >= 15 is 8.78 Å². The molecule has 1 aliphatic heterocycles. The predicted molar refractivity (Wildman–Crippen MR) is 166 cm³/mol. The smallest absolute Gasteiger partial charge is 0.350 e. The van der Waals surface area contributed by atoms with Gasteiger partial charge in [-0.2, -0.15) is 4.98 Å². The number of pyridine rings is 2. The number of aryl methyl sites for hydroxylation is 1. The third-order valence-corrected chi connectivity index (χ3v) is 11.1. The van der Waals surface area contributed by atoms with Crippen LogP contribution in [0.4, 0.5) is 14.6 Å². The van der Waals surface area contributed by atoms with Crippen LogP contribution >= 0.6 is 11.6 Å². The topological polar surface area (TPSA) is 118 Å². The van der Waals surface area contributed by atoms with E-state index in [1.54, 1.807) is 16.7 Å². The minimum Gasteiger partial charge on any atom is -0.350 e. The van der Waals surface area contributed by atoms with Gasteiger partial charge in [-0.25, -0.2) is 31.5 Å². The van der Waals surface area contributed by atoms with E-state index < -0.39 is 38.1 Å². The van der Waals surface area contributed by atoms with E-state index in [1.165, 1.54) is 30.5 Å². The van der Waals surface area contributed by atoms with Crippen molar-refractivity contribution >= 4 is 44.2 Å². The molecular weight excluding hydrogens is 626 g/mol. The van der Waals surface area contributed by atoms with Crippen molar-refractivity contribution in [2.75, 3.05) is 24.5 Å². The summed E-state index contributed by atoms with van der Waals surface area (Å²) in [7, 11) is -3.90. The summed E-state index contributed by atoms with van der Waals surface area (Å²) in [5.74, 6) is -1.92. The highest BCUT2D eigenvalue weighted by atomic mass is 35.5. The third-order valence-electron chi connectivity index (χ3n) is 8.48. The number of rotatable bonds is 6. The van der Waals surface area contributed by atoms with Gasteiger partial charge >= 0.3 is 5.69 Å². The summed E-state index contributed by atoms with van der Waals surface area (Å²) in [6, 6.07) is 5.94. The number of carbonyl (C=O) groups excluding carboxylic acids is 1. The molecular formula is C31H29ClF2N6O4S. The Hall–Kier alpha value is -4.23. The molecule has 0 spiro atoms. The molecule has 1 atom stereocenters. The molecule has 1 aromatic carbocycles. The van der Waals surface area contributed by atoms with Crippen molar-refractivity contribution in [2.24, 2.45) is 0 Å². The van der Waals surface area contributed by atoms with E-state index in [1.807, 2.05) is 6.92 Å². The average Bonchev–Trinajstić information content (AvgIpc) is 2.96. The largest absolute Gasteiger partial charge is 0.355 e. The Morgan fingerprint density at radius 2 is 1.89 bits per heavy atom. The Kier molecular flexibility index (Phi) is 7.94. The highest BCUT2D eigenvalue weighted by molar-refractivity contribution is 7.92. The Morgan fingerprint density at radius 3 is 2.53 bits per heavy atom. The predicted octanol–water partition coefficient (Wildman–Crippen LogP) is 4.63. The maximum Gasteiger partial charge on any atom is 0.355 e. The van der Waals surface area contributed by atoms with E-state index in [-0.39, 0.29) is 75.3 Å². The van der Waals surface area contributed by atoms with Gasteiger partial charge in [0.15, 0.2) is 21.3 Å². The Bertz CT molecular complexity index is 2030. The highest BCUT2D eigenvalue weighted by Crippen LogP contribution is 2.38. The molecule has 0 bridgehead atoms. The van der Waals surface area contributed by atoms with Gasteiger partial charge in [-0.3, -0.25) is 9.78 Å². The number of anilines is 1. The van der Waals surface area contributed by atoms with Crippen LogP contribution in [0.5, 0.6) is 0 Å². The van der Waals surface area contributed by atoms with Crippen molar-refractivity contribution < 1.29 is 22.0 Å². The molecule has 2 aliphatic rings. The summed E-state index contributed by atoms with van der Waals surface area (Å²) in [6.07, 6.45) is 4.29. The first-order valence-electron chi connectivity index (χ1n) is 14.4. The van der Waals surface area contributed by atoms with Gasteiger partial charge in [0.05, 0.1) is 37.5 Å². The molecule has 3 aromatic heterocycles. The SMILES string of the molecule is C=CC(=O)N1CCN(c2nc(=O)n(-c3c(S(=O)(=O)C4CCC4)ccnc3C)c3nc(-c4c(F)cccc4Cl)c(F)cc23)[C@@H](C)C1. The Labute approximate surface area is 262 Å². The summed E-state index contributed by atoms with van der Waals surface area (Å²) < 4.78 is 59.6. The second-order valence-electron chi connectivity index (χ2n) is 11.2. The second-order valence-corrected chi connectivity index (χ2v) is 13.8. The molecule has 14 heteroatoms. The first kappa shape index (κ1) is 30.8. The molecule has 45 heavy (non-hydrogen) atoms. The average molecular weight is 655 g/mol. The molecule has 10 nitrogen and oxygen atoms in total. The van der Waals surface area contributed by atoms with Gasteiger partial charge in [0.1, 0.15) is 17.3 Å². The van der Waals surface area contributed by atoms with Gasteiger partial charge in [-0.1, -0.05) is 30.7 Å². The van der Waals surface area contributed by atoms with Crippen LogP contribution in [0.25, 0.3) is 28.0 Å². The van der Waals surface area contributed by atoms with Gasteiger partial charge in [0.2, 0.25) is 5.91 Å². The van der Waals surface area contributed by atoms with Crippen molar-refractivity contribution in [3.63, 3.8) is 0 Å². The third kappa shape index (κ3) is 5.17. The molecule has 4 aromatic rings. The number of piperazine rings is 1. The number of aromatic nitrogens is 4. The van der Waals surface area contributed by atoms with E-state index in [2.05, 4.69) is 21.5 Å². The zero-order valence-electron chi connectivity index (χ0n) is 24.5. The summed E-state index contributed by atoms with van der Waals surface area (Å²) in [5, 5.41) is -0.652. The number of benzene rings is 1. The zero-order valence-corrected chi connectivity index (χ0v) is 26.1. The van der Waals surface area contributed by atoms with Crippen molar-refractivity contribution in [2.45, 2.75) is 49.3 Å². The molecule has 2 fully saturated rings. The second kappa shape index (κ2) is 11.6. The van der Waals surface area contributed by atoms with Crippen molar-refractivity contribution in [3.05, 3.63) is 82.0 Å². The van der Waals surface area contributed by atoms with Gasteiger partial charge in [0.25, 0.3) is 0 Å². The lowest BCUT2D eigenvalue weighted by molar-refractivity contribution is -0.126. The van der Waals surface area contributed by atoms with Crippen LogP contribution in [0.15, 0.2) is 58.9 Å². The van der Waals surface area contributed by atoms with Crippen LogP contribution in [0.3, 0.4) is 0 Å². The van der Waals surface area contributed by atoms with Crippen LogP contribution in [0, 0.1) is 18.6 Å². The lowest BCUT2D eigenvalue weighted by atomic mass is 10.00. The van der Waals surface area contributed by atoms with Gasteiger partial charge in [-0.05, 0) is 57.0 Å². The summed E-state index contributed by atoms with van der Waals surface area (Å²) >= 11 is 6.30. The molecule has 4 heterocycles. The van der Waals surface area contributed by atoms with Crippen molar-refractivity contribution in [3.8, 4) is 16.9 Å². The van der Waals surface area contributed by atoms with E-state index in [4.69, 9.17) is 11.6 Å². The normalized spacial score (nSPS) is 17.4. The fraction of sp³-hybridized carbons (Fsp3) is 0.323. The number of fused-ring (bicyclic) bond motifs is 1. The van der Waals surface area contributed by atoms with E-state index in [0.717, 1.165) is 23.1 Å². The van der Waals surface area contributed by atoms with Crippen molar-refractivity contribution in [1.29, 1.82) is 0 Å². The molecule has 234 valence electrons. The fourth-order valence-corrected chi connectivity index (χ4v) is 8.25.